The molecule has 0 spiro atoms. The van der Waals surface area contributed by atoms with Gasteiger partial charge in [0.1, 0.15) is 5.01 Å². The van der Waals surface area contributed by atoms with Crippen molar-refractivity contribution >= 4 is 11.3 Å². The lowest BCUT2D eigenvalue weighted by molar-refractivity contribution is 0.921. The second-order valence-electron chi connectivity index (χ2n) is 3.12. The Morgan fingerprint density at radius 3 is 2.86 bits per heavy atom. The van der Waals surface area contributed by atoms with Crippen LogP contribution in [0.3, 0.4) is 0 Å². The Balaban J connectivity index is 2.51. The zero-order valence-corrected chi connectivity index (χ0v) is 9.01. The van der Waals surface area contributed by atoms with Gasteiger partial charge in [0.05, 0.1) is 28.8 Å². The van der Waals surface area contributed by atoms with Gasteiger partial charge in [-0.05, 0) is 6.92 Å². The molecule has 74 valence electrons. The molecule has 2 N–H and O–H groups in total. The van der Waals surface area contributed by atoms with Crippen molar-refractivity contribution in [3.63, 3.8) is 0 Å². The van der Waals surface area contributed by atoms with Crippen molar-refractivity contribution in [2.24, 2.45) is 12.8 Å². The molecule has 0 unspecified atom stereocenters. The Morgan fingerprint density at radius 1 is 1.57 bits per heavy atom. The summed E-state index contributed by atoms with van der Waals surface area (Å²) in [6, 6.07) is 0. The van der Waals surface area contributed by atoms with Gasteiger partial charge in [-0.3, -0.25) is 0 Å². The summed E-state index contributed by atoms with van der Waals surface area (Å²) >= 11 is 1.63. The Hall–Kier alpha value is -1.20. The van der Waals surface area contributed by atoms with E-state index in [1.807, 2.05) is 24.7 Å². The lowest BCUT2D eigenvalue weighted by Gasteiger charge is -1.98. The molecule has 0 aliphatic carbocycles. The van der Waals surface area contributed by atoms with Crippen LogP contribution < -0.4 is 5.73 Å². The highest BCUT2D eigenvalue weighted by atomic mass is 32.1. The summed E-state index contributed by atoms with van der Waals surface area (Å²) in [5.41, 5.74) is 7.67. The summed E-state index contributed by atoms with van der Waals surface area (Å²) in [6.45, 7) is 2.50. The van der Waals surface area contributed by atoms with Crippen LogP contribution in [-0.2, 0) is 13.6 Å². The molecule has 5 heteroatoms. The number of hydrogen-bond acceptors (Lipinski definition) is 4. The van der Waals surface area contributed by atoms with Crippen LogP contribution >= 0.6 is 11.3 Å². The molecule has 0 aromatic carbocycles. The van der Waals surface area contributed by atoms with E-state index < -0.39 is 0 Å². The van der Waals surface area contributed by atoms with Crippen LogP contribution in [0.25, 0.3) is 10.6 Å². The number of nitrogens with two attached hydrogens (primary N) is 1. The van der Waals surface area contributed by atoms with Crippen molar-refractivity contribution in [2.45, 2.75) is 13.5 Å². The number of aryl methyl sites for hydroxylation is 2. The van der Waals surface area contributed by atoms with E-state index in [1.165, 1.54) is 0 Å². The van der Waals surface area contributed by atoms with Gasteiger partial charge >= 0.3 is 0 Å². The molecule has 2 aromatic heterocycles. The molecule has 0 aliphatic rings. The fourth-order valence-corrected chi connectivity index (χ4v) is 2.35. The number of thiazole rings is 1. The number of aromatic nitrogens is 3. The smallest absolute Gasteiger partial charge is 0.107 e. The molecular weight excluding hydrogens is 196 g/mol. The van der Waals surface area contributed by atoms with E-state index in [0.29, 0.717) is 6.54 Å². The summed E-state index contributed by atoms with van der Waals surface area (Å²) in [5, 5.41) is 0.971. The summed E-state index contributed by atoms with van der Waals surface area (Å²) in [4.78, 5) is 9.62. The maximum absolute atomic E-state index is 5.55. The largest absolute Gasteiger partial charge is 0.333 e. The zero-order valence-electron chi connectivity index (χ0n) is 8.19. The molecule has 0 atom stereocenters. The second-order valence-corrected chi connectivity index (χ2v) is 4.20. The van der Waals surface area contributed by atoms with Gasteiger partial charge < -0.3 is 10.3 Å². The van der Waals surface area contributed by atoms with Crippen LogP contribution in [0, 0.1) is 6.92 Å². The van der Waals surface area contributed by atoms with Crippen molar-refractivity contribution in [1.29, 1.82) is 0 Å². The topological polar surface area (TPSA) is 56.7 Å². The minimum absolute atomic E-state index is 0.503. The van der Waals surface area contributed by atoms with E-state index in [-0.39, 0.29) is 0 Å². The van der Waals surface area contributed by atoms with Crippen molar-refractivity contribution in [3.8, 4) is 10.6 Å². The van der Waals surface area contributed by atoms with Crippen molar-refractivity contribution in [1.82, 2.24) is 14.5 Å². The first-order valence-corrected chi connectivity index (χ1v) is 5.17. The molecule has 2 heterocycles. The normalized spacial score (nSPS) is 10.8. The summed E-state index contributed by atoms with van der Waals surface area (Å²) in [6.07, 6.45) is 3.64. The number of hydrogen-bond donors (Lipinski definition) is 1. The maximum atomic E-state index is 5.55. The minimum Gasteiger partial charge on any atom is -0.333 e. The van der Waals surface area contributed by atoms with Crippen LogP contribution in [0.15, 0.2) is 12.5 Å². The maximum Gasteiger partial charge on any atom is 0.107 e. The zero-order chi connectivity index (χ0) is 10.1. The summed E-state index contributed by atoms with van der Waals surface area (Å²) in [5.74, 6) is 0. The first-order valence-electron chi connectivity index (χ1n) is 4.35. The average Bonchev–Trinajstić information content (AvgIpc) is 2.72. The molecule has 0 bridgehead atoms. The van der Waals surface area contributed by atoms with Crippen LogP contribution in [0.4, 0.5) is 0 Å². The molecule has 0 radical (unpaired) electrons. The van der Waals surface area contributed by atoms with Gasteiger partial charge in [-0.25, -0.2) is 9.97 Å². The van der Waals surface area contributed by atoms with E-state index in [2.05, 4.69) is 9.97 Å². The standard InChI is InChI=1S/C9H12N4S/c1-6-9(14-8(3-10)12-6)7-4-11-5-13(7)2/h4-5H,3,10H2,1-2H3. The van der Waals surface area contributed by atoms with Crippen molar-refractivity contribution in [2.75, 3.05) is 0 Å². The fraction of sp³-hybridized carbons (Fsp3) is 0.333. The molecular formula is C9H12N4S. The van der Waals surface area contributed by atoms with Crippen molar-refractivity contribution in [3.05, 3.63) is 23.2 Å². The van der Waals surface area contributed by atoms with E-state index in [4.69, 9.17) is 5.73 Å². The van der Waals surface area contributed by atoms with Crippen LogP contribution in [0.2, 0.25) is 0 Å². The minimum atomic E-state index is 0.503. The Labute approximate surface area is 86.4 Å². The van der Waals surface area contributed by atoms with Gasteiger partial charge in [0.25, 0.3) is 0 Å². The summed E-state index contributed by atoms with van der Waals surface area (Å²) < 4.78 is 1.99. The third kappa shape index (κ3) is 1.44. The van der Waals surface area contributed by atoms with Gasteiger partial charge in [-0.2, -0.15) is 0 Å². The molecule has 2 rings (SSSR count). The average molecular weight is 208 g/mol. The first-order chi connectivity index (χ1) is 6.72. The predicted molar refractivity (Wildman–Crippen MR) is 56.9 cm³/mol. The van der Waals surface area contributed by atoms with E-state index in [9.17, 15) is 0 Å². The van der Waals surface area contributed by atoms with E-state index in [1.54, 1.807) is 17.7 Å². The first kappa shape index (κ1) is 9.36. The highest BCUT2D eigenvalue weighted by Gasteiger charge is 2.11. The van der Waals surface area contributed by atoms with Gasteiger partial charge in [0.2, 0.25) is 0 Å². The monoisotopic (exact) mass is 208 g/mol. The lowest BCUT2D eigenvalue weighted by Crippen LogP contribution is -1.94. The van der Waals surface area contributed by atoms with Gasteiger partial charge in [-0.1, -0.05) is 0 Å². The molecule has 4 nitrogen and oxygen atoms in total. The Kier molecular flexibility index (Phi) is 2.35. The number of imidazole rings is 1. The highest BCUT2D eigenvalue weighted by molar-refractivity contribution is 7.15. The molecule has 14 heavy (non-hydrogen) atoms. The summed E-state index contributed by atoms with van der Waals surface area (Å²) in [7, 11) is 1.98. The molecule has 0 aliphatic heterocycles. The van der Waals surface area contributed by atoms with Crippen LogP contribution in [0.5, 0.6) is 0 Å². The third-order valence-electron chi connectivity index (χ3n) is 2.06. The number of nitrogens with zero attached hydrogens (tertiary/aromatic N) is 3. The quantitative estimate of drug-likeness (QED) is 0.809. The van der Waals surface area contributed by atoms with Crippen LogP contribution in [0.1, 0.15) is 10.7 Å². The molecule has 2 aromatic rings. The van der Waals surface area contributed by atoms with E-state index >= 15 is 0 Å². The van der Waals surface area contributed by atoms with Gasteiger partial charge in [0.15, 0.2) is 0 Å². The predicted octanol–water partition coefficient (Wildman–Crippen LogP) is 1.31. The van der Waals surface area contributed by atoms with Crippen molar-refractivity contribution < 1.29 is 0 Å². The van der Waals surface area contributed by atoms with Gasteiger partial charge in [-0.15, -0.1) is 11.3 Å². The molecule has 0 fully saturated rings. The molecule has 0 saturated heterocycles. The molecule has 0 saturated carbocycles. The highest BCUT2D eigenvalue weighted by Crippen LogP contribution is 2.28. The van der Waals surface area contributed by atoms with E-state index in [0.717, 1.165) is 21.3 Å². The molecule has 0 amide bonds. The third-order valence-corrected chi connectivity index (χ3v) is 3.27. The fourth-order valence-electron chi connectivity index (χ4n) is 1.35. The van der Waals surface area contributed by atoms with Gasteiger partial charge in [0, 0.05) is 13.6 Å². The second kappa shape index (κ2) is 3.51. The Morgan fingerprint density at radius 2 is 2.36 bits per heavy atom. The lowest BCUT2D eigenvalue weighted by atomic mass is 10.3. The number of rotatable bonds is 2. The SMILES string of the molecule is Cc1nc(CN)sc1-c1cncn1C. The van der Waals surface area contributed by atoms with Crippen LogP contribution in [-0.4, -0.2) is 14.5 Å². The Bertz CT molecular complexity index is 443.